The largest absolute Gasteiger partial charge is 0.398 e. The minimum absolute atomic E-state index is 0.292. The van der Waals surface area contributed by atoms with Crippen molar-refractivity contribution < 1.29 is 0 Å². The monoisotopic (exact) mass is 330 g/mol. The highest BCUT2D eigenvalue weighted by molar-refractivity contribution is 9.10. The van der Waals surface area contributed by atoms with E-state index >= 15 is 0 Å². The fourth-order valence-corrected chi connectivity index (χ4v) is 2.78. The third-order valence-electron chi connectivity index (χ3n) is 3.26. The predicted octanol–water partition coefficient (Wildman–Crippen LogP) is 4.02. The Morgan fingerprint density at radius 3 is 2.75 bits per heavy atom. The number of fused-ring (bicyclic) bond motifs is 1. The van der Waals surface area contributed by atoms with Gasteiger partial charge in [-0.05, 0) is 38.1 Å². The lowest BCUT2D eigenvalue weighted by atomic mass is 10.1. The maximum Gasteiger partial charge on any atom is 0.143 e. The maximum atomic E-state index is 6.15. The van der Waals surface area contributed by atoms with E-state index < -0.39 is 0 Å². The van der Waals surface area contributed by atoms with E-state index in [9.17, 15) is 0 Å². The van der Waals surface area contributed by atoms with Crippen LogP contribution in [0.25, 0.3) is 22.4 Å². The van der Waals surface area contributed by atoms with Gasteiger partial charge in [0.15, 0.2) is 0 Å². The lowest BCUT2D eigenvalue weighted by molar-refractivity contribution is 0.624. The average molecular weight is 331 g/mol. The van der Waals surface area contributed by atoms with Gasteiger partial charge in [0.25, 0.3) is 0 Å². The lowest BCUT2D eigenvalue weighted by Crippen LogP contribution is -2.04. The number of nitrogens with zero attached hydrogens (tertiary/aromatic N) is 3. The number of hydrogen-bond donors (Lipinski definition) is 1. The van der Waals surface area contributed by atoms with Gasteiger partial charge in [0.1, 0.15) is 11.3 Å². The summed E-state index contributed by atoms with van der Waals surface area (Å²) in [6, 6.07) is 8.15. The van der Waals surface area contributed by atoms with Crippen molar-refractivity contribution in [1.82, 2.24) is 14.5 Å². The number of rotatable bonds is 2. The van der Waals surface area contributed by atoms with Crippen molar-refractivity contribution in [2.24, 2.45) is 0 Å². The molecule has 2 heterocycles. The van der Waals surface area contributed by atoms with Crippen LogP contribution in [0.5, 0.6) is 0 Å². The Morgan fingerprint density at radius 1 is 1.25 bits per heavy atom. The molecule has 0 atom stereocenters. The second-order valence-corrected chi connectivity index (χ2v) is 5.91. The highest BCUT2D eigenvalue weighted by atomic mass is 79.9. The molecule has 0 fully saturated rings. The molecule has 0 saturated heterocycles. The van der Waals surface area contributed by atoms with Crippen LogP contribution in [0.2, 0.25) is 0 Å². The van der Waals surface area contributed by atoms with Crippen LogP contribution >= 0.6 is 15.9 Å². The second kappa shape index (κ2) is 4.90. The first-order chi connectivity index (χ1) is 9.58. The second-order valence-electron chi connectivity index (χ2n) is 5.00. The van der Waals surface area contributed by atoms with Gasteiger partial charge in [-0.25, -0.2) is 4.98 Å². The molecule has 0 aliphatic rings. The van der Waals surface area contributed by atoms with Gasteiger partial charge >= 0.3 is 0 Å². The van der Waals surface area contributed by atoms with Crippen molar-refractivity contribution in [3.05, 3.63) is 41.1 Å². The van der Waals surface area contributed by atoms with Crippen LogP contribution in [-0.2, 0) is 0 Å². The molecule has 3 aromatic rings. The first-order valence-electron chi connectivity index (χ1n) is 6.45. The number of nitrogens with two attached hydrogens (primary N) is 1. The normalized spacial score (nSPS) is 11.4. The van der Waals surface area contributed by atoms with Crippen LogP contribution in [0.4, 0.5) is 5.69 Å². The Bertz CT molecular complexity index is 777. The molecule has 4 nitrogen and oxygen atoms in total. The van der Waals surface area contributed by atoms with Crippen molar-refractivity contribution in [1.29, 1.82) is 0 Å². The summed E-state index contributed by atoms with van der Waals surface area (Å²) in [4.78, 5) is 8.84. The molecule has 20 heavy (non-hydrogen) atoms. The van der Waals surface area contributed by atoms with E-state index in [1.54, 1.807) is 12.4 Å². The number of halogens is 1. The van der Waals surface area contributed by atoms with E-state index in [2.05, 4.69) is 39.3 Å². The number of hydrogen-bond acceptors (Lipinski definition) is 3. The van der Waals surface area contributed by atoms with Crippen LogP contribution < -0.4 is 5.73 Å². The summed E-state index contributed by atoms with van der Waals surface area (Å²) >= 11 is 3.43. The van der Waals surface area contributed by atoms with E-state index in [1.165, 1.54) is 0 Å². The molecule has 2 N–H and O–H groups in total. The number of imidazole rings is 1. The Hall–Kier alpha value is -1.88. The summed E-state index contributed by atoms with van der Waals surface area (Å²) < 4.78 is 3.16. The fraction of sp³-hybridized carbons (Fsp3) is 0.200. The topological polar surface area (TPSA) is 56.7 Å². The lowest BCUT2D eigenvalue weighted by Gasteiger charge is -2.14. The van der Waals surface area contributed by atoms with Crippen LogP contribution in [0.15, 0.2) is 41.1 Å². The zero-order chi connectivity index (χ0) is 14.3. The zero-order valence-corrected chi connectivity index (χ0v) is 12.9. The van der Waals surface area contributed by atoms with E-state index in [1.807, 2.05) is 24.3 Å². The first kappa shape index (κ1) is 13.1. The maximum absolute atomic E-state index is 6.15. The van der Waals surface area contributed by atoms with Gasteiger partial charge in [-0.15, -0.1) is 0 Å². The Labute approximate surface area is 125 Å². The Balaban J connectivity index is 2.32. The molecule has 5 heteroatoms. The van der Waals surface area contributed by atoms with Crippen molar-refractivity contribution in [2.75, 3.05) is 5.73 Å². The molecule has 3 rings (SSSR count). The van der Waals surface area contributed by atoms with E-state index in [0.29, 0.717) is 11.7 Å². The van der Waals surface area contributed by atoms with E-state index in [-0.39, 0.29) is 0 Å². The summed E-state index contributed by atoms with van der Waals surface area (Å²) in [5.41, 5.74) is 9.76. The highest BCUT2D eigenvalue weighted by Crippen LogP contribution is 2.32. The van der Waals surface area contributed by atoms with Gasteiger partial charge in [-0.2, -0.15) is 0 Å². The molecule has 0 saturated carbocycles. The van der Waals surface area contributed by atoms with Gasteiger partial charge < -0.3 is 10.3 Å². The third-order valence-corrected chi connectivity index (χ3v) is 3.76. The SMILES string of the molecule is CC(C)n1c(-c2ccc(Br)cc2N)nc2cnccc21. The van der Waals surface area contributed by atoms with Gasteiger partial charge in [0.2, 0.25) is 0 Å². The van der Waals surface area contributed by atoms with Gasteiger partial charge in [0, 0.05) is 28.0 Å². The van der Waals surface area contributed by atoms with E-state index in [4.69, 9.17) is 10.7 Å². The molecule has 0 spiro atoms. The summed E-state index contributed by atoms with van der Waals surface area (Å²) in [6.07, 6.45) is 3.57. The summed E-state index contributed by atoms with van der Waals surface area (Å²) in [7, 11) is 0. The fourth-order valence-electron chi connectivity index (χ4n) is 2.40. The first-order valence-corrected chi connectivity index (χ1v) is 7.24. The van der Waals surface area contributed by atoms with Crippen LogP contribution in [-0.4, -0.2) is 14.5 Å². The minimum Gasteiger partial charge on any atom is -0.398 e. The van der Waals surface area contributed by atoms with Crippen molar-refractivity contribution in [3.8, 4) is 11.4 Å². The van der Waals surface area contributed by atoms with Crippen molar-refractivity contribution in [2.45, 2.75) is 19.9 Å². The molecule has 102 valence electrons. The third kappa shape index (κ3) is 2.08. The van der Waals surface area contributed by atoms with Crippen molar-refractivity contribution in [3.63, 3.8) is 0 Å². The molecule has 0 aliphatic carbocycles. The molecular weight excluding hydrogens is 316 g/mol. The number of anilines is 1. The number of aromatic nitrogens is 3. The molecule has 0 unspecified atom stereocenters. The number of pyridine rings is 1. The summed E-state index contributed by atoms with van der Waals surface area (Å²) in [6.45, 7) is 4.28. The Kier molecular flexibility index (Phi) is 3.22. The standard InChI is InChI=1S/C15H15BrN4/c1-9(2)20-14-5-6-18-8-13(14)19-15(20)11-4-3-10(16)7-12(11)17/h3-9H,17H2,1-2H3. The number of nitrogen functional groups attached to an aromatic ring is 1. The molecule has 0 aliphatic heterocycles. The van der Waals surface area contributed by atoms with Crippen LogP contribution in [0, 0.1) is 0 Å². The smallest absolute Gasteiger partial charge is 0.143 e. The zero-order valence-electron chi connectivity index (χ0n) is 11.3. The Morgan fingerprint density at radius 2 is 2.05 bits per heavy atom. The molecule has 2 aromatic heterocycles. The highest BCUT2D eigenvalue weighted by Gasteiger charge is 2.16. The van der Waals surface area contributed by atoms with Crippen molar-refractivity contribution >= 4 is 32.7 Å². The quantitative estimate of drug-likeness (QED) is 0.722. The van der Waals surface area contributed by atoms with Crippen LogP contribution in [0.3, 0.4) is 0 Å². The molecule has 1 aromatic carbocycles. The number of benzene rings is 1. The minimum atomic E-state index is 0.292. The van der Waals surface area contributed by atoms with Gasteiger partial charge in [0.05, 0.1) is 11.7 Å². The molecule has 0 bridgehead atoms. The molecule has 0 amide bonds. The molecule has 0 radical (unpaired) electrons. The molecular formula is C15H15BrN4. The van der Waals surface area contributed by atoms with Gasteiger partial charge in [-0.1, -0.05) is 15.9 Å². The summed E-state index contributed by atoms with van der Waals surface area (Å²) in [5, 5.41) is 0. The van der Waals surface area contributed by atoms with E-state index in [0.717, 1.165) is 26.9 Å². The summed E-state index contributed by atoms with van der Waals surface area (Å²) in [5.74, 6) is 0.882. The van der Waals surface area contributed by atoms with Gasteiger partial charge in [-0.3, -0.25) is 4.98 Å². The van der Waals surface area contributed by atoms with Crippen LogP contribution in [0.1, 0.15) is 19.9 Å². The predicted molar refractivity (Wildman–Crippen MR) is 85.5 cm³/mol. The average Bonchev–Trinajstić information content (AvgIpc) is 2.77.